The summed E-state index contributed by atoms with van der Waals surface area (Å²) in [6, 6.07) is 10.2. The van der Waals surface area contributed by atoms with Gasteiger partial charge in [0.2, 0.25) is 0 Å². The first-order valence-electron chi connectivity index (χ1n) is 7.93. The van der Waals surface area contributed by atoms with E-state index in [0.717, 1.165) is 63.2 Å². The first-order chi connectivity index (χ1) is 10.3. The van der Waals surface area contributed by atoms with E-state index in [0.29, 0.717) is 5.78 Å². The van der Waals surface area contributed by atoms with Crippen molar-refractivity contribution in [3.63, 3.8) is 0 Å². The van der Waals surface area contributed by atoms with Crippen LogP contribution in [-0.2, 0) is 9.53 Å². The Balaban J connectivity index is 0.00000176. The molecule has 4 heteroatoms. The molecule has 1 aromatic carbocycles. The largest absolute Gasteiger partial charge is 0.379 e. The molecule has 1 aliphatic heterocycles. The van der Waals surface area contributed by atoms with Crippen LogP contribution in [0.3, 0.4) is 0 Å². The number of morpholine rings is 1. The molecule has 1 atom stereocenters. The topological polar surface area (TPSA) is 29.5 Å². The molecule has 1 heterocycles. The van der Waals surface area contributed by atoms with Gasteiger partial charge in [-0.15, -0.1) is 12.4 Å². The number of carbonyl (C=O) groups is 1. The number of hydrogen-bond acceptors (Lipinski definition) is 3. The Kier molecular flexibility index (Phi) is 6.62. The standard InChI is InChI=1S/C18H23NO2.ClH/c20-18-16(13-15-5-2-1-3-6-15)7-4-8-17(18)14-19-9-11-21-12-10-19;/h1-3,5-6,13,17H,4,7-12,14H2;1H. The predicted molar refractivity (Wildman–Crippen MR) is 91.3 cm³/mol. The molecule has 3 rings (SSSR count). The maximum atomic E-state index is 12.7. The summed E-state index contributed by atoms with van der Waals surface area (Å²) in [5.74, 6) is 0.531. The third kappa shape index (κ3) is 4.42. The van der Waals surface area contributed by atoms with Gasteiger partial charge in [-0.05, 0) is 36.5 Å². The van der Waals surface area contributed by atoms with E-state index < -0.39 is 0 Å². The van der Waals surface area contributed by atoms with E-state index in [-0.39, 0.29) is 18.3 Å². The first kappa shape index (κ1) is 17.2. The maximum Gasteiger partial charge on any atom is 0.163 e. The number of carbonyl (C=O) groups excluding carboxylic acids is 1. The highest BCUT2D eigenvalue weighted by molar-refractivity contribution is 6.01. The molecule has 2 fully saturated rings. The summed E-state index contributed by atoms with van der Waals surface area (Å²) >= 11 is 0. The number of halogens is 1. The molecule has 1 unspecified atom stereocenters. The number of allylic oxidation sites excluding steroid dienone is 1. The second-order valence-corrected chi connectivity index (χ2v) is 5.95. The van der Waals surface area contributed by atoms with E-state index in [1.807, 2.05) is 18.2 Å². The van der Waals surface area contributed by atoms with Crippen LogP contribution >= 0.6 is 12.4 Å². The molecule has 1 saturated carbocycles. The zero-order valence-corrected chi connectivity index (χ0v) is 13.7. The zero-order chi connectivity index (χ0) is 14.5. The molecular weight excluding hydrogens is 298 g/mol. The molecule has 1 saturated heterocycles. The van der Waals surface area contributed by atoms with E-state index >= 15 is 0 Å². The predicted octanol–water partition coefficient (Wildman–Crippen LogP) is 3.19. The van der Waals surface area contributed by atoms with Crippen LogP contribution in [0.25, 0.3) is 6.08 Å². The summed E-state index contributed by atoms with van der Waals surface area (Å²) in [6.45, 7) is 4.42. The number of rotatable bonds is 3. The summed E-state index contributed by atoms with van der Waals surface area (Å²) in [7, 11) is 0. The lowest BCUT2D eigenvalue weighted by Gasteiger charge is -2.32. The summed E-state index contributed by atoms with van der Waals surface area (Å²) < 4.78 is 5.38. The van der Waals surface area contributed by atoms with Crippen molar-refractivity contribution in [3.05, 3.63) is 41.5 Å². The van der Waals surface area contributed by atoms with Gasteiger partial charge in [0, 0.05) is 25.6 Å². The number of benzene rings is 1. The molecule has 3 nitrogen and oxygen atoms in total. The number of Topliss-reactive ketones (excluding diaryl/α,β-unsaturated/α-hetero) is 1. The highest BCUT2D eigenvalue weighted by Crippen LogP contribution is 2.27. The van der Waals surface area contributed by atoms with Crippen LogP contribution in [-0.4, -0.2) is 43.5 Å². The van der Waals surface area contributed by atoms with E-state index in [4.69, 9.17) is 4.74 Å². The fourth-order valence-electron chi connectivity index (χ4n) is 3.22. The summed E-state index contributed by atoms with van der Waals surface area (Å²) in [4.78, 5) is 15.0. The van der Waals surface area contributed by atoms with Gasteiger partial charge in [0.1, 0.15) is 0 Å². The van der Waals surface area contributed by atoms with E-state index in [9.17, 15) is 4.79 Å². The van der Waals surface area contributed by atoms with Crippen molar-refractivity contribution in [1.29, 1.82) is 0 Å². The number of hydrogen-bond donors (Lipinski definition) is 0. The van der Waals surface area contributed by atoms with Crippen molar-refractivity contribution >= 4 is 24.3 Å². The van der Waals surface area contributed by atoms with E-state index in [1.54, 1.807) is 0 Å². The highest BCUT2D eigenvalue weighted by Gasteiger charge is 2.28. The molecule has 0 spiro atoms. The molecule has 0 radical (unpaired) electrons. The maximum absolute atomic E-state index is 12.7. The zero-order valence-electron chi connectivity index (χ0n) is 12.9. The van der Waals surface area contributed by atoms with Gasteiger partial charge in [0.25, 0.3) is 0 Å². The van der Waals surface area contributed by atoms with Crippen LogP contribution in [0, 0.1) is 5.92 Å². The van der Waals surface area contributed by atoms with Crippen molar-refractivity contribution in [2.75, 3.05) is 32.8 Å². The van der Waals surface area contributed by atoms with Crippen LogP contribution in [0.5, 0.6) is 0 Å². The molecule has 0 aromatic heterocycles. The molecule has 1 aliphatic carbocycles. The normalized spacial score (nSPS) is 25.0. The van der Waals surface area contributed by atoms with Crippen LogP contribution in [0.1, 0.15) is 24.8 Å². The van der Waals surface area contributed by atoms with Crippen molar-refractivity contribution in [3.8, 4) is 0 Å². The van der Waals surface area contributed by atoms with Gasteiger partial charge in [0.15, 0.2) is 5.78 Å². The lowest BCUT2D eigenvalue weighted by atomic mass is 9.83. The van der Waals surface area contributed by atoms with Gasteiger partial charge in [-0.1, -0.05) is 30.3 Å². The minimum atomic E-state index is 0. The molecule has 22 heavy (non-hydrogen) atoms. The SMILES string of the molecule is Cl.O=C1C(=Cc2ccccc2)CCCC1CN1CCOCC1. The Bertz CT molecular complexity index is 509. The van der Waals surface area contributed by atoms with Gasteiger partial charge >= 0.3 is 0 Å². The lowest BCUT2D eigenvalue weighted by molar-refractivity contribution is -0.121. The van der Waals surface area contributed by atoms with Crippen LogP contribution in [0.15, 0.2) is 35.9 Å². The number of nitrogens with zero attached hydrogens (tertiary/aromatic N) is 1. The highest BCUT2D eigenvalue weighted by atomic mass is 35.5. The Morgan fingerprint density at radius 1 is 1.18 bits per heavy atom. The molecule has 120 valence electrons. The van der Waals surface area contributed by atoms with Gasteiger partial charge in [-0.2, -0.15) is 0 Å². The monoisotopic (exact) mass is 321 g/mol. The van der Waals surface area contributed by atoms with Gasteiger partial charge < -0.3 is 4.74 Å². The third-order valence-electron chi connectivity index (χ3n) is 4.41. The van der Waals surface area contributed by atoms with E-state index in [1.165, 1.54) is 0 Å². The molecule has 0 amide bonds. The van der Waals surface area contributed by atoms with Gasteiger partial charge in [-0.3, -0.25) is 9.69 Å². The Morgan fingerprint density at radius 3 is 2.64 bits per heavy atom. The van der Waals surface area contributed by atoms with Crippen molar-refractivity contribution in [2.24, 2.45) is 5.92 Å². The summed E-state index contributed by atoms with van der Waals surface area (Å²) in [5, 5.41) is 0. The fraction of sp³-hybridized carbons (Fsp3) is 0.500. The minimum Gasteiger partial charge on any atom is -0.379 e. The van der Waals surface area contributed by atoms with Crippen LogP contribution in [0.2, 0.25) is 0 Å². The number of ether oxygens (including phenoxy) is 1. The summed E-state index contributed by atoms with van der Waals surface area (Å²) in [5.41, 5.74) is 2.14. The third-order valence-corrected chi connectivity index (χ3v) is 4.41. The molecule has 0 N–H and O–H groups in total. The Hall–Kier alpha value is -1.16. The fourth-order valence-corrected chi connectivity index (χ4v) is 3.22. The Morgan fingerprint density at radius 2 is 1.91 bits per heavy atom. The van der Waals surface area contributed by atoms with E-state index in [2.05, 4.69) is 23.1 Å². The molecule has 1 aromatic rings. The molecule has 0 bridgehead atoms. The molecular formula is C18H24ClNO2. The van der Waals surface area contributed by atoms with Crippen molar-refractivity contribution in [1.82, 2.24) is 4.90 Å². The van der Waals surface area contributed by atoms with Crippen LogP contribution in [0.4, 0.5) is 0 Å². The van der Waals surface area contributed by atoms with Gasteiger partial charge in [-0.25, -0.2) is 0 Å². The quantitative estimate of drug-likeness (QED) is 0.801. The van der Waals surface area contributed by atoms with Crippen LogP contribution < -0.4 is 0 Å². The smallest absolute Gasteiger partial charge is 0.163 e. The number of ketones is 1. The average molecular weight is 322 g/mol. The lowest BCUT2D eigenvalue weighted by Crippen LogP contribution is -2.42. The minimum absolute atomic E-state index is 0. The Labute approximate surface area is 138 Å². The van der Waals surface area contributed by atoms with Crippen molar-refractivity contribution in [2.45, 2.75) is 19.3 Å². The summed E-state index contributed by atoms with van der Waals surface area (Å²) in [6.07, 6.45) is 5.16. The average Bonchev–Trinajstić information content (AvgIpc) is 2.53. The second kappa shape index (κ2) is 8.47. The van der Waals surface area contributed by atoms with Gasteiger partial charge in [0.05, 0.1) is 13.2 Å². The van der Waals surface area contributed by atoms with Crippen molar-refractivity contribution < 1.29 is 9.53 Å². The first-order valence-corrected chi connectivity index (χ1v) is 7.93. The second-order valence-electron chi connectivity index (χ2n) is 5.95. The molecule has 2 aliphatic rings.